The van der Waals surface area contributed by atoms with Gasteiger partial charge in [0.25, 0.3) is 0 Å². The van der Waals surface area contributed by atoms with Crippen LogP contribution in [0, 0.1) is 5.92 Å². The minimum Gasteiger partial charge on any atom is -0.496 e. The summed E-state index contributed by atoms with van der Waals surface area (Å²) in [6, 6.07) is 14.5. The second kappa shape index (κ2) is 6.89. The lowest BCUT2D eigenvalue weighted by Gasteiger charge is -2.30. The predicted octanol–water partition coefficient (Wildman–Crippen LogP) is 4.47. The van der Waals surface area contributed by atoms with Crippen molar-refractivity contribution in [3.63, 3.8) is 0 Å². The number of H-pyrrole nitrogens is 1. The van der Waals surface area contributed by atoms with Crippen LogP contribution in [0.5, 0.6) is 5.75 Å². The first-order valence-corrected chi connectivity index (χ1v) is 9.07. The standard InChI is InChI=1S/C21H25N3O/c1-15-9-11-24(12-10-15)14-17-13-16(7-8-20(17)25-2)21-22-18-5-3-4-6-19(18)23-21/h3-8,13,15H,9-12,14H2,1-2H3,(H,22,23). The molecule has 0 unspecified atom stereocenters. The Bertz CT molecular complexity index is 829. The van der Waals surface area contributed by atoms with Crippen LogP contribution in [0.1, 0.15) is 25.3 Å². The third-order valence-corrected chi connectivity index (χ3v) is 5.21. The van der Waals surface area contributed by atoms with E-state index < -0.39 is 0 Å². The van der Waals surface area contributed by atoms with Gasteiger partial charge in [-0.25, -0.2) is 4.98 Å². The van der Waals surface area contributed by atoms with Crippen molar-refractivity contribution in [1.82, 2.24) is 14.9 Å². The molecule has 0 atom stereocenters. The SMILES string of the molecule is COc1ccc(-c2nc3ccccc3[nH]2)cc1CN1CCC(C)CC1. The number of methoxy groups -OCH3 is 1. The number of hydrogen-bond donors (Lipinski definition) is 1. The second-order valence-corrected chi connectivity index (χ2v) is 7.09. The van der Waals surface area contributed by atoms with Crippen LogP contribution in [-0.4, -0.2) is 35.1 Å². The van der Waals surface area contributed by atoms with Crippen molar-refractivity contribution in [2.45, 2.75) is 26.3 Å². The molecule has 0 aliphatic carbocycles. The molecule has 25 heavy (non-hydrogen) atoms. The molecular formula is C21H25N3O. The van der Waals surface area contributed by atoms with Crippen LogP contribution in [0.15, 0.2) is 42.5 Å². The zero-order valence-electron chi connectivity index (χ0n) is 15.0. The van der Waals surface area contributed by atoms with Gasteiger partial charge in [0.05, 0.1) is 18.1 Å². The number of ether oxygens (including phenoxy) is 1. The first-order valence-electron chi connectivity index (χ1n) is 9.07. The fraction of sp³-hybridized carbons (Fsp3) is 0.381. The summed E-state index contributed by atoms with van der Waals surface area (Å²) in [4.78, 5) is 10.7. The van der Waals surface area contributed by atoms with Gasteiger partial charge in [-0.3, -0.25) is 4.90 Å². The van der Waals surface area contributed by atoms with Crippen LogP contribution in [-0.2, 0) is 6.54 Å². The van der Waals surface area contributed by atoms with E-state index >= 15 is 0 Å². The number of hydrogen-bond acceptors (Lipinski definition) is 3. The summed E-state index contributed by atoms with van der Waals surface area (Å²) in [7, 11) is 1.75. The Morgan fingerprint density at radius 1 is 1.16 bits per heavy atom. The summed E-state index contributed by atoms with van der Waals surface area (Å²) in [5.74, 6) is 2.72. The topological polar surface area (TPSA) is 41.1 Å². The number of fused-ring (bicyclic) bond motifs is 1. The molecule has 4 rings (SSSR count). The lowest BCUT2D eigenvalue weighted by Crippen LogP contribution is -2.32. The number of para-hydroxylation sites is 2. The molecule has 4 nitrogen and oxygen atoms in total. The number of nitrogens with one attached hydrogen (secondary N) is 1. The molecule has 2 aromatic carbocycles. The second-order valence-electron chi connectivity index (χ2n) is 7.09. The zero-order chi connectivity index (χ0) is 17.2. The van der Waals surface area contributed by atoms with Gasteiger partial charge in [-0.1, -0.05) is 19.1 Å². The van der Waals surface area contributed by atoms with Crippen LogP contribution in [0.4, 0.5) is 0 Å². The third-order valence-electron chi connectivity index (χ3n) is 5.21. The van der Waals surface area contributed by atoms with Crippen molar-refractivity contribution in [1.29, 1.82) is 0 Å². The lowest BCUT2D eigenvalue weighted by atomic mass is 9.98. The number of nitrogens with zero attached hydrogens (tertiary/aromatic N) is 2. The average Bonchev–Trinajstić information content (AvgIpc) is 3.08. The van der Waals surface area contributed by atoms with Gasteiger partial charge in [0.15, 0.2) is 0 Å². The van der Waals surface area contributed by atoms with E-state index in [0.717, 1.165) is 40.6 Å². The molecule has 1 N–H and O–H groups in total. The van der Waals surface area contributed by atoms with Gasteiger partial charge in [-0.15, -0.1) is 0 Å². The molecule has 0 saturated carbocycles. The zero-order valence-corrected chi connectivity index (χ0v) is 15.0. The van der Waals surface area contributed by atoms with Crippen molar-refractivity contribution in [3.8, 4) is 17.1 Å². The maximum Gasteiger partial charge on any atom is 0.138 e. The van der Waals surface area contributed by atoms with Crippen LogP contribution >= 0.6 is 0 Å². The van der Waals surface area contributed by atoms with Gasteiger partial charge in [0.1, 0.15) is 11.6 Å². The van der Waals surface area contributed by atoms with Crippen molar-refractivity contribution in [2.24, 2.45) is 5.92 Å². The molecule has 0 spiro atoms. The Morgan fingerprint density at radius 2 is 1.96 bits per heavy atom. The Morgan fingerprint density at radius 3 is 2.72 bits per heavy atom. The molecule has 3 aromatic rings. The molecular weight excluding hydrogens is 310 g/mol. The fourth-order valence-corrected chi connectivity index (χ4v) is 3.60. The highest BCUT2D eigenvalue weighted by Gasteiger charge is 2.18. The minimum absolute atomic E-state index is 0.847. The molecule has 1 fully saturated rings. The van der Waals surface area contributed by atoms with Gasteiger partial charge in [0, 0.05) is 17.7 Å². The minimum atomic E-state index is 0.847. The molecule has 1 aliphatic rings. The maximum absolute atomic E-state index is 5.60. The molecule has 1 aliphatic heterocycles. The molecule has 1 aromatic heterocycles. The number of benzene rings is 2. The van der Waals surface area contributed by atoms with Gasteiger partial charge in [0.2, 0.25) is 0 Å². The van der Waals surface area contributed by atoms with E-state index in [4.69, 9.17) is 9.72 Å². The molecule has 4 heteroatoms. The predicted molar refractivity (Wildman–Crippen MR) is 102 cm³/mol. The maximum atomic E-state index is 5.60. The van der Waals surface area contributed by atoms with Crippen LogP contribution in [0.25, 0.3) is 22.4 Å². The van der Waals surface area contributed by atoms with Crippen molar-refractivity contribution in [3.05, 3.63) is 48.0 Å². The number of aromatic nitrogens is 2. The molecule has 0 bridgehead atoms. The van der Waals surface area contributed by atoms with E-state index in [-0.39, 0.29) is 0 Å². The summed E-state index contributed by atoms with van der Waals surface area (Å²) in [6.07, 6.45) is 2.57. The van der Waals surface area contributed by atoms with E-state index in [1.807, 2.05) is 18.2 Å². The molecule has 0 amide bonds. The summed E-state index contributed by atoms with van der Waals surface area (Å²) < 4.78 is 5.60. The van der Waals surface area contributed by atoms with E-state index in [2.05, 4.69) is 41.1 Å². The number of imidazole rings is 1. The molecule has 130 valence electrons. The van der Waals surface area contributed by atoms with Crippen molar-refractivity contribution < 1.29 is 4.74 Å². The number of rotatable bonds is 4. The highest BCUT2D eigenvalue weighted by atomic mass is 16.5. The number of aromatic amines is 1. The average molecular weight is 335 g/mol. The summed E-state index contributed by atoms with van der Waals surface area (Å²) in [6.45, 7) is 5.61. The van der Waals surface area contributed by atoms with E-state index in [1.165, 1.54) is 31.5 Å². The van der Waals surface area contributed by atoms with E-state index in [1.54, 1.807) is 7.11 Å². The van der Waals surface area contributed by atoms with Crippen LogP contribution < -0.4 is 4.74 Å². The first-order chi connectivity index (χ1) is 12.2. The van der Waals surface area contributed by atoms with Crippen LogP contribution in [0.2, 0.25) is 0 Å². The monoisotopic (exact) mass is 335 g/mol. The van der Waals surface area contributed by atoms with Crippen LogP contribution in [0.3, 0.4) is 0 Å². The van der Waals surface area contributed by atoms with Gasteiger partial charge >= 0.3 is 0 Å². The van der Waals surface area contributed by atoms with Gasteiger partial charge in [-0.2, -0.15) is 0 Å². The Balaban J connectivity index is 1.63. The largest absolute Gasteiger partial charge is 0.496 e. The third kappa shape index (κ3) is 3.40. The Labute approximate surface area is 148 Å². The Hall–Kier alpha value is -2.33. The smallest absolute Gasteiger partial charge is 0.138 e. The number of piperidine rings is 1. The molecule has 2 heterocycles. The van der Waals surface area contributed by atoms with Crippen molar-refractivity contribution in [2.75, 3.05) is 20.2 Å². The molecule has 1 saturated heterocycles. The highest BCUT2D eigenvalue weighted by Crippen LogP contribution is 2.28. The van der Waals surface area contributed by atoms with Crippen molar-refractivity contribution >= 4 is 11.0 Å². The fourth-order valence-electron chi connectivity index (χ4n) is 3.60. The molecule has 0 radical (unpaired) electrons. The normalized spacial score (nSPS) is 16.4. The summed E-state index contributed by atoms with van der Waals surface area (Å²) in [5.41, 5.74) is 4.41. The van der Waals surface area contributed by atoms with Gasteiger partial charge in [-0.05, 0) is 62.2 Å². The van der Waals surface area contributed by atoms with E-state index in [0.29, 0.717) is 0 Å². The first kappa shape index (κ1) is 16.2. The lowest BCUT2D eigenvalue weighted by molar-refractivity contribution is 0.183. The Kier molecular flexibility index (Phi) is 4.45. The number of likely N-dealkylation sites (tertiary alicyclic amines) is 1. The van der Waals surface area contributed by atoms with E-state index in [9.17, 15) is 0 Å². The highest BCUT2D eigenvalue weighted by molar-refractivity contribution is 5.79. The quantitative estimate of drug-likeness (QED) is 0.765. The summed E-state index contributed by atoms with van der Waals surface area (Å²) >= 11 is 0. The van der Waals surface area contributed by atoms with Gasteiger partial charge < -0.3 is 9.72 Å². The summed E-state index contributed by atoms with van der Waals surface area (Å²) in [5, 5.41) is 0.